The van der Waals surface area contributed by atoms with E-state index in [1.54, 1.807) is 21.1 Å². The lowest BCUT2D eigenvalue weighted by Crippen LogP contribution is -2.55. The molecule has 0 aliphatic heterocycles. The van der Waals surface area contributed by atoms with Crippen LogP contribution in [0, 0.1) is 0 Å². The van der Waals surface area contributed by atoms with E-state index in [4.69, 9.17) is 14.2 Å². The predicted octanol–water partition coefficient (Wildman–Crippen LogP) is 7.57. The third-order valence-electron chi connectivity index (χ3n) is 7.71. The van der Waals surface area contributed by atoms with Crippen molar-refractivity contribution in [3.05, 3.63) is 48.6 Å². The molecular formula is C39H67NO7. The molecule has 0 bridgehead atoms. The normalized spacial score (nSPS) is 13.6. The van der Waals surface area contributed by atoms with Crippen LogP contribution >= 0.6 is 0 Å². The van der Waals surface area contributed by atoms with E-state index >= 15 is 0 Å². The lowest BCUT2D eigenvalue weighted by Gasteiger charge is -2.34. The van der Waals surface area contributed by atoms with Gasteiger partial charge in [-0.25, -0.2) is 0 Å². The third-order valence-corrected chi connectivity index (χ3v) is 7.71. The van der Waals surface area contributed by atoms with Crippen LogP contribution in [0.2, 0.25) is 0 Å². The number of carboxylic acids is 1. The van der Waals surface area contributed by atoms with Gasteiger partial charge in [0.05, 0.1) is 40.3 Å². The molecule has 270 valence electrons. The minimum absolute atomic E-state index is 0.0192. The Hall–Kier alpha value is -2.71. The van der Waals surface area contributed by atoms with Crippen molar-refractivity contribution < 1.29 is 38.2 Å². The summed E-state index contributed by atoms with van der Waals surface area (Å²) in [6, 6.07) is -0.731. The SMILES string of the molecule is CC/C=C/C/C=C/C/C=C/CCCCCCCCC(=O)OCC(COCCC(C(=O)[O-])[N+](C)(C)C)OC(=O)CC/C=C/CCCCC. The first kappa shape index (κ1) is 44.3. The highest BCUT2D eigenvalue weighted by Gasteiger charge is 2.25. The monoisotopic (exact) mass is 661 g/mol. The van der Waals surface area contributed by atoms with Crippen molar-refractivity contribution in [2.24, 2.45) is 0 Å². The number of hydrogen-bond donors (Lipinski definition) is 0. The van der Waals surface area contributed by atoms with E-state index < -0.39 is 18.1 Å². The number of carbonyl (C=O) groups is 3. The van der Waals surface area contributed by atoms with Crippen LogP contribution in [0.5, 0.6) is 0 Å². The molecule has 0 amide bonds. The quantitative estimate of drug-likeness (QED) is 0.0327. The van der Waals surface area contributed by atoms with Gasteiger partial charge in [0.1, 0.15) is 12.6 Å². The average Bonchev–Trinajstić information content (AvgIpc) is 3.01. The molecule has 0 rings (SSSR count). The van der Waals surface area contributed by atoms with E-state index in [2.05, 4.69) is 56.4 Å². The summed E-state index contributed by atoms with van der Waals surface area (Å²) >= 11 is 0. The topological polar surface area (TPSA) is 102 Å². The second kappa shape index (κ2) is 30.6. The first-order valence-electron chi connectivity index (χ1n) is 18.2. The summed E-state index contributed by atoms with van der Waals surface area (Å²) < 4.78 is 16.9. The summed E-state index contributed by atoms with van der Waals surface area (Å²) in [4.78, 5) is 36.4. The van der Waals surface area contributed by atoms with Gasteiger partial charge >= 0.3 is 11.9 Å². The number of likely N-dealkylation sites (N-methyl/N-ethyl adjacent to an activating group) is 1. The Morgan fingerprint density at radius 3 is 1.87 bits per heavy atom. The van der Waals surface area contributed by atoms with E-state index in [0.29, 0.717) is 12.8 Å². The van der Waals surface area contributed by atoms with E-state index in [1.165, 1.54) is 25.7 Å². The molecule has 2 atom stereocenters. The van der Waals surface area contributed by atoms with Crippen LogP contribution in [0.15, 0.2) is 48.6 Å². The van der Waals surface area contributed by atoms with Gasteiger partial charge in [-0.05, 0) is 57.8 Å². The largest absolute Gasteiger partial charge is 0.544 e. The van der Waals surface area contributed by atoms with Crippen LogP contribution in [0.3, 0.4) is 0 Å². The molecule has 8 nitrogen and oxygen atoms in total. The fourth-order valence-electron chi connectivity index (χ4n) is 4.86. The minimum atomic E-state index is -1.14. The molecule has 0 radical (unpaired) electrons. The molecule has 0 aromatic carbocycles. The fourth-order valence-corrected chi connectivity index (χ4v) is 4.86. The molecule has 2 unspecified atom stereocenters. The maximum atomic E-state index is 12.5. The van der Waals surface area contributed by atoms with Crippen LogP contribution in [-0.4, -0.2) is 75.5 Å². The van der Waals surface area contributed by atoms with E-state index in [1.807, 2.05) is 6.08 Å². The summed E-state index contributed by atoms with van der Waals surface area (Å²) in [6.07, 6.45) is 33.1. The molecule has 0 heterocycles. The molecule has 0 spiro atoms. The molecule has 0 saturated carbocycles. The second-order valence-electron chi connectivity index (χ2n) is 13.1. The maximum absolute atomic E-state index is 12.5. The summed E-state index contributed by atoms with van der Waals surface area (Å²) in [6.45, 7) is 4.40. The average molecular weight is 662 g/mol. The van der Waals surface area contributed by atoms with Gasteiger partial charge in [-0.2, -0.15) is 0 Å². The van der Waals surface area contributed by atoms with E-state index in [9.17, 15) is 19.5 Å². The van der Waals surface area contributed by atoms with Gasteiger partial charge in [-0.3, -0.25) is 9.59 Å². The number of ether oxygens (including phenoxy) is 3. The Morgan fingerprint density at radius 1 is 0.660 bits per heavy atom. The number of carboxylic acid groups (broad SMARTS) is 1. The molecule has 0 aliphatic rings. The van der Waals surface area contributed by atoms with Crippen LogP contribution in [-0.2, 0) is 28.6 Å². The number of allylic oxidation sites excluding steroid dienone is 8. The van der Waals surface area contributed by atoms with Crippen molar-refractivity contribution in [1.82, 2.24) is 0 Å². The molecule has 0 aromatic rings. The molecule has 0 saturated heterocycles. The zero-order chi connectivity index (χ0) is 35.0. The maximum Gasteiger partial charge on any atom is 0.306 e. The first-order chi connectivity index (χ1) is 22.6. The zero-order valence-electron chi connectivity index (χ0n) is 30.4. The Kier molecular flexibility index (Phi) is 28.8. The highest BCUT2D eigenvalue weighted by molar-refractivity contribution is 5.70. The van der Waals surface area contributed by atoms with Crippen molar-refractivity contribution >= 4 is 17.9 Å². The van der Waals surface area contributed by atoms with Crippen molar-refractivity contribution in [3.8, 4) is 0 Å². The van der Waals surface area contributed by atoms with Gasteiger partial charge < -0.3 is 28.6 Å². The second-order valence-corrected chi connectivity index (χ2v) is 13.1. The summed E-state index contributed by atoms with van der Waals surface area (Å²) in [5.41, 5.74) is 0. The third kappa shape index (κ3) is 29.2. The summed E-state index contributed by atoms with van der Waals surface area (Å²) in [7, 11) is 5.36. The van der Waals surface area contributed by atoms with Crippen LogP contribution in [0.25, 0.3) is 0 Å². The Bertz CT molecular complexity index is 917. The van der Waals surface area contributed by atoms with Gasteiger partial charge in [-0.15, -0.1) is 0 Å². The molecule has 0 aliphatic carbocycles. The molecule has 0 N–H and O–H groups in total. The molecule has 47 heavy (non-hydrogen) atoms. The molecule has 0 aromatic heterocycles. The highest BCUT2D eigenvalue weighted by atomic mass is 16.6. The van der Waals surface area contributed by atoms with Crippen LogP contribution in [0.1, 0.15) is 129 Å². The van der Waals surface area contributed by atoms with Gasteiger partial charge in [0, 0.05) is 19.3 Å². The predicted molar refractivity (Wildman–Crippen MR) is 189 cm³/mol. The highest BCUT2D eigenvalue weighted by Crippen LogP contribution is 2.11. The Balaban J connectivity index is 4.40. The zero-order valence-corrected chi connectivity index (χ0v) is 30.4. The molecule has 0 fully saturated rings. The smallest absolute Gasteiger partial charge is 0.306 e. The fraction of sp³-hybridized carbons (Fsp3) is 0.718. The van der Waals surface area contributed by atoms with Gasteiger partial charge in [-0.1, -0.05) is 101 Å². The molecule has 8 heteroatoms. The number of esters is 2. The minimum Gasteiger partial charge on any atom is -0.544 e. The summed E-state index contributed by atoms with van der Waals surface area (Å²) in [5.74, 6) is -1.83. The van der Waals surface area contributed by atoms with Crippen molar-refractivity contribution in [2.45, 2.75) is 142 Å². The Labute approximate surface area is 286 Å². The first-order valence-corrected chi connectivity index (χ1v) is 18.2. The van der Waals surface area contributed by atoms with Gasteiger partial charge in [0.25, 0.3) is 0 Å². The van der Waals surface area contributed by atoms with Crippen molar-refractivity contribution in [2.75, 3.05) is 41.0 Å². The van der Waals surface area contributed by atoms with Crippen LogP contribution < -0.4 is 5.11 Å². The lowest BCUT2D eigenvalue weighted by molar-refractivity contribution is -0.889. The number of quaternary nitrogens is 1. The standard InChI is InChI=1S/C39H67NO7/c1-6-8-10-12-14-15-16-17-18-19-20-21-22-24-25-27-29-37(41)46-34-35(33-45-32-31-36(39(43)44)40(3,4)5)47-38(42)30-28-26-23-13-11-9-7-2/h8,10,14-15,17-18,23,26,35-36H,6-7,9,11-13,16,19-22,24-25,27-34H2,1-5H3/b10-8+,15-14+,18-17+,26-23+. The van der Waals surface area contributed by atoms with Gasteiger partial charge in [0.2, 0.25) is 0 Å². The van der Waals surface area contributed by atoms with Crippen molar-refractivity contribution in [3.63, 3.8) is 0 Å². The van der Waals surface area contributed by atoms with Gasteiger partial charge in [0.15, 0.2) is 6.10 Å². The number of rotatable bonds is 31. The molecular weight excluding hydrogens is 594 g/mol. The van der Waals surface area contributed by atoms with E-state index in [0.717, 1.165) is 64.2 Å². The number of hydrogen-bond acceptors (Lipinski definition) is 7. The summed E-state index contributed by atoms with van der Waals surface area (Å²) in [5, 5.41) is 11.5. The number of nitrogens with zero attached hydrogens (tertiary/aromatic N) is 1. The van der Waals surface area contributed by atoms with Crippen molar-refractivity contribution in [1.29, 1.82) is 0 Å². The van der Waals surface area contributed by atoms with Crippen LogP contribution in [0.4, 0.5) is 0 Å². The number of aliphatic carboxylic acids is 1. The number of unbranched alkanes of at least 4 members (excludes halogenated alkanes) is 9. The van der Waals surface area contributed by atoms with E-state index in [-0.39, 0.29) is 49.1 Å². The Morgan fingerprint density at radius 2 is 1.23 bits per heavy atom. The number of carbonyl (C=O) groups excluding carboxylic acids is 3. The lowest BCUT2D eigenvalue weighted by atomic mass is 10.1.